The van der Waals surface area contributed by atoms with E-state index < -0.39 is 0 Å². The van der Waals surface area contributed by atoms with Gasteiger partial charge in [-0.25, -0.2) is 0 Å². The molecule has 78 valence electrons. The number of phenols is 1. The monoisotopic (exact) mass is 214 g/mol. The van der Waals surface area contributed by atoms with Gasteiger partial charge in [-0.1, -0.05) is 30.7 Å². The summed E-state index contributed by atoms with van der Waals surface area (Å²) in [5, 5.41) is 9.95. The molecule has 3 nitrogen and oxygen atoms in total. The second-order valence-electron chi connectivity index (χ2n) is 3.28. The molecule has 14 heavy (non-hydrogen) atoms. The molecule has 0 radical (unpaired) electrons. The Kier molecular flexibility index (Phi) is 3.75. The Hall–Kier alpha value is -0.770. The Morgan fingerprint density at radius 3 is 2.64 bits per heavy atom. The van der Waals surface area contributed by atoms with Gasteiger partial charge in [-0.2, -0.15) is 0 Å². The van der Waals surface area contributed by atoms with E-state index in [1.165, 1.54) is 0 Å². The fraction of sp³-hybridized carbons (Fsp3) is 0.400. The van der Waals surface area contributed by atoms with Crippen LogP contribution in [0.15, 0.2) is 18.2 Å². The molecule has 4 heteroatoms. The molecule has 0 aromatic heterocycles. The van der Waals surface area contributed by atoms with Crippen molar-refractivity contribution in [1.82, 2.24) is 0 Å². The number of benzene rings is 1. The van der Waals surface area contributed by atoms with Crippen molar-refractivity contribution in [3.8, 4) is 5.75 Å². The van der Waals surface area contributed by atoms with Crippen LogP contribution in [-0.2, 0) is 0 Å². The lowest BCUT2D eigenvalue weighted by Crippen LogP contribution is -2.33. The largest absolute Gasteiger partial charge is 0.506 e. The van der Waals surface area contributed by atoms with Crippen molar-refractivity contribution in [3.63, 3.8) is 0 Å². The van der Waals surface area contributed by atoms with Crippen molar-refractivity contribution >= 4 is 11.6 Å². The molecule has 0 unspecified atom stereocenters. The van der Waals surface area contributed by atoms with E-state index in [-0.39, 0.29) is 17.8 Å². The average Bonchev–Trinajstić information content (AvgIpc) is 2.20. The van der Waals surface area contributed by atoms with Crippen LogP contribution in [0, 0.1) is 0 Å². The van der Waals surface area contributed by atoms with Crippen molar-refractivity contribution in [1.29, 1.82) is 0 Å². The minimum absolute atomic E-state index is 0.0329. The van der Waals surface area contributed by atoms with Gasteiger partial charge >= 0.3 is 0 Å². The summed E-state index contributed by atoms with van der Waals surface area (Å²) in [7, 11) is 0. The molecule has 0 saturated carbocycles. The molecule has 0 aliphatic carbocycles. The van der Waals surface area contributed by atoms with Gasteiger partial charge in [0, 0.05) is 17.6 Å². The Morgan fingerprint density at radius 1 is 1.43 bits per heavy atom. The van der Waals surface area contributed by atoms with Gasteiger partial charge in [0.15, 0.2) is 0 Å². The lowest BCUT2D eigenvalue weighted by Gasteiger charge is -2.19. The molecule has 1 rings (SSSR count). The summed E-state index contributed by atoms with van der Waals surface area (Å²) in [6, 6.07) is 4.56. The second-order valence-corrected chi connectivity index (χ2v) is 3.68. The third-order valence-electron chi connectivity index (χ3n) is 2.31. The highest BCUT2D eigenvalue weighted by Gasteiger charge is 2.17. The van der Waals surface area contributed by atoms with Gasteiger partial charge in [-0.15, -0.1) is 0 Å². The van der Waals surface area contributed by atoms with Gasteiger partial charge in [0.25, 0.3) is 0 Å². The predicted molar refractivity (Wildman–Crippen MR) is 58.3 cm³/mol. The standard InChI is InChI=1S/C10H15ClN2O/c1-2-8(12)9(13)6-4-3-5-7(11)10(6)14/h3-5,8-9,14H,2,12-13H2,1H3/t8-,9-/m0/s1. The summed E-state index contributed by atoms with van der Waals surface area (Å²) >= 11 is 5.76. The van der Waals surface area contributed by atoms with Gasteiger partial charge < -0.3 is 16.6 Å². The normalized spacial score (nSPS) is 15.1. The van der Waals surface area contributed by atoms with E-state index in [4.69, 9.17) is 23.1 Å². The average molecular weight is 215 g/mol. The Labute approximate surface area is 88.7 Å². The summed E-state index contributed by atoms with van der Waals surface area (Å²) in [5.74, 6) is 0.0329. The fourth-order valence-corrected chi connectivity index (χ4v) is 1.47. The van der Waals surface area contributed by atoms with Crippen LogP contribution < -0.4 is 11.5 Å². The van der Waals surface area contributed by atoms with Crippen LogP contribution in [0.25, 0.3) is 0 Å². The highest BCUT2D eigenvalue weighted by atomic mass is 35.5. The van der Waals surface area contributed by atoms with Crippen LogP contribution in [0.4, 0.5) is 0 Å². The molecule has 0 aliphatic rings. The van der Waals surface area contributed by atoms with E-state index in [9.17, 15) is 5.11 Å². The summed E-state index contributed by atoms with van der Waals surface area (Å²) in [4.78, 5) is 0. The highest BCUT2D eigenvalue weighted by molar-refractivity contribution is 6.32. The first-order valence-electron chi connectivity index (χ1n) is 4.56. The summed E-state index contributed by atoms with van der Waals surface area (Å²) in [5.41, 5.74) is 12.3. The van der Waals surface area contributed by atoms with Crippen LogP contribution in [0.5, 0.6) is 5.75 Å². The number of aromatic hydroxyl groups is 1. The minimum atomic E-state index is -0.376. The van der Waals surface area contributed by atoms with Crippen molar-refractivity contribution in [2.24, 2.45) is 11.5 Å². The van der Waals surface area contributed by atoms with E-state index in [0.717, 1.165) is 6.42 Å². The fourth-order valence-electron chi connectivity index (χ4n) is 1.29. The highest BCUT2D eigenvalue weighted by Crippen LogP contribution is 2.31. The molecule has 0 saturated heterocycles. The maximum Gasteiger partial charge on any atom is 0.138 e. The number of rotatable bonds is 3. The van der Waals surface area contributed by atoms with Crippen LogP contribution >= 0.6 is 11.6 Å². The smallest absolute Gasteiger partial charge is 0.138 e. The molecule has 0 aliphatic heterocycles. The van der Waals surface area contributed by atoms with Crippen LogP contribution in [0.2, 0.25) is 5.02 Å². The number of para-hydroxylation sites is 1. The maximum atomic E-state index is 9.64. The van der Waals surface area contributed by atoms with Crippen LogP contribution in [0.1, 0.15) is 24.9 Å². The van der Waals surface area contributed by atoms with Gasteiger partial charge in [0.2, 0.25) is 0 Å². The van der Waals surface area contributed by atoms with E-state index in [1.54, 1.807) is 18.2 Å². The quantitative estimate of drug-likeness (QED) is 0.718. The van der Waals surface area contributed by atoms with Gasteiger partial charge in [0.05, 0.1) is 5.02 Å². The summed E-state index contributed by atoms with van der Waals surface area (Å²) < 4.78 is 0. The van der Waals surface area contributed by atoms with Crippen molar-refractivity contribution in [3.05, 3.63) is 28.8 Å². The van der Waals surface area contributed by atoms with E-state index in [2.05, 4.69) is 0 Å². The Bertz CT molecular complexity index is 317. The second kappa shape index (κ2) is 4.64. The van der Waals surface area contributed by atoms with Gasteiger partial charge in [-0.3, -0.25) is 0 Å². The SMILES string of the molecule is CC[C@H](N)[C@@H](N)c1cccc(Cl)c1O. The van der Waals surface area contributed by atoms with E-state index in [1.807, 2.05) is 6.92 Å². The number of hydrogen-bond acceptors (Lipinski definition) is 3. The first kappa shape index (κ1) is 11.3. The minimum Gasteiger partial charge on any atom is -0.506 e. The molecule has 0 heterocycles. The van der Waals surface area contributed by atoms with Crippen molar-refractivity contribution in [2.45, 2.75) is 25.4 Å². The topological polar surface area (TPSA) is 72.3 Å². The number of phenolic OH excluding ortho intramolecular Hbond substituents is 1. The number of hydrogen-bond donors (Lipinski definition) is 3. The molecule has 0 bridgehead atoms. The zero-order valence-electron chi connectivity index (χ0n) is 8.07. The molecular formula is C10H15ClN2O. The number of halogens is 1. The molecule has 0 amide bonds. The van der Waals surface area contributed by atoms with Crippen molar-refractivity contribution in [2.75, 3.05) is 0 Å². The molecular weight excluding hydrogens is 200 g/mol. The molecule has 0 fully saturated rings. The Balaban J connectivity index is 3.01. The summed E-state index contributed by atoms with van der Waals surface area (Å²) in [6.45, 7) is 1.95. The summed E-state index contributed by atoms with van der Waals surface area (Å²) in [6.07, 6.45) is 0.757. The molecule has 2 atom stereocenters. The molecule has 1 aromatic carbocycles. The van der Waals surface area contributed by atoms with E-state index in [0.29, 0.717) is 10.6 Å². The van der Waals surface area contributed by atoms with Crippen molar-refractivity contribution < 1.29 is 5.11 Å². The third-order valence-corrected chi connectivity index (χ3v) is 2.61. The zero-order valence-corrected chi connectivity index (χ0v) is 8.83. The first-order valence-corrected chi connectivity index (χ1v) is 4.94. The third kappa shape index (κ3) is 2.18. The van der Waals surface area contributed by atoms with Crippen LogP contribution in [-0.4, -0.2) is 11.1 Å². The maximum absolute atomic E-state index is 9.64. The zero-order chi connectivity index (χ0) is 10.7. The Morgan fingerprint density at radius 2 is 2.07 bits per heavy atom. The predicted octanol–water partition coefficient (Wildman–Crippen LogP) is 1.78. The molecule has 1 aromatic rings. The van der Waals surface area contributed by atoms with Crippen LogP contribution in [0.3, 0.4) is 0 Å². The van der Waals surface area contributed by atoms with Gasteiger partial charge in [-0.05, 0) is 12.5 Å². The molecule has 0 spiro atoms. The number of nitrogens with two attached hydrogens (primary N) is 2. The lowest BCUT2D eigenvalue weighted by molar-refractivity contribution is 0.447. The lowest BCUT2D eigenvalue weighted by atomic mass is 9.98. The van der Waals surface area contributed by atoms with Gasteiger partial charge in [0.1, 0.15) is 5.75 Å². The molecule has 5 N–H and O–H groups in total. The van der Waals surface area contributed by atoms with E-state index >= 15 is 0 Å². The first-order chi connectivity index (χ1) is 6.57.